The lowest BCUT2D eigenvalue weighted by molar-refractivity contribution is 0.0636. The minimum Gasteiger partial charge on any atom is -0.489 e. The lowest BCUT2D eigenvalue weighted by Crippen LogP contribution is -2.39. The van der Waals surface area contributed by atoms with Gasteiger partial charge in [-0.3, -0.25) is 9.20 Å². The number of nitrogens with one attached hydrogen (secondary N) is 1. The van der Waals surface area contributed by atoms with Gasteiger partial charge in [0.2, 0.25) is 0 Å². The Morgan fingerprint density at radius 1 is 1.25 bits per heavy atom. The van der Waals surface area contributed by atoms with Gasteiger partial charge in [0.25, 0.3) is 5.91 Å². The van der Waals surface area contributed by atoms with Crippen LogP contribution in [0.15, 0.2) is 48.5 Å². The van der Waals surface area contributed by atoms with Crippen LogP contribution in [0.3, 0.4) is 0 Å². The van der Waals surface area contributed by atoms with Gasteiger partial charge in [-0.2, -0.15) is 0 Å². The Morgan fingerprint density at radius 3 is 2.85 bits per heavy atom. The number of carbonyl (C=O) groups is 1. The van der Waals surface area contributed by atoms with E-state index in [1.165, 1.54) is 6.07 Å². The van der Waals surface area contributed by atoms with E-state index in [4.69, 9.17) is 37.7 Å². The number of nitrogens with zero attached hydrogens (tertiary/aromatic N) is 3. The monoisotopic (exact) mass is 582 g/mol. The van der Waals surface area contributed by atoms with Crippen molar-refractivity contribution in [2.45, 2.75) is 38.3 Å². The van der Waals surface area contributed by atoms with Gasteiger partial charge in [-0.1, -0.05) is 35.3 Å². The number of fused-ring (bicyclic) bond motifs is 2. The molecule has 2 aliphatic heterocycles. The summed E-state index contributed by atoms with van der Waals surface area (Å²) in [4.78, 5) is 21.2. The molecule has 0 spiro atoms. The third kappa shape index (κ3) is 4.68. The van der Waals surface area contributed by atoms with Crippen LogP contribution in [0, 0.1) is 12.7 Å². The Labute approximate surface area is 241 Å². The minimum atomic E-state index is -0.381. The van der Waals surface area contributed by atoms with Crippen LogP contribution in [0.1, 0.15) is 46.9 Å². The summed E-state index contributed by atoms with van der Waals surface area (Å²) in [6.07, 6.45) is 2.95. The third-order valence-corrected chi connectivity index (χ3v) is 8.58. The van der Waals surface area contributed by atoms with Crippen molar-refractivity contribution in [2.24, 2.45) is 0 Å². The molecule has 1 amide bonds. The Hall–Kier alpha value is -3.33. The van der Waals surface area contributed by atoms with E-state index in [9.17, 15) is 9.18 Å². The number of rotatable bonds is 7. The van der Waals surface area contributed by atoms with E-state index in [2.05, 4.69) is 5.32 Å². The predicted octanol–water partition coefficient (Wildman–Crippen LogP) is 6.48. The average Bonchev–Trinajstić information content (AvgIpc) is 3.71. The van der Waals surface area contributed by atoms with Crippen LogP contribution in [0.5, 0.6) is 11.6 Å². The first-order valence-corrected chi connectivity index (χ1v) is 14.1. The Morgan fingerprint density at radius 2 is 2.10 bits per heavy atom. The highest BCUT2D eigenvalue weighted by Crippen LogP contribution is 2.45. The molecule has 0 bridgehead atoms. The highest BCUT2D eigenvalue weighted by atomic mass is 35.5. The quantitative estimate of drug-likeness (QED) is 0.270. The summed E-state index contributed by atoms with van der Waals surface area (Å²) >= 11 is 12.7. The largest absolute Gasteiger partial charge is 0.489 e. The second kappa shape index (κ2) is 10.9. The van der Waals surface area contributed by atoms with Crippen molar-refractivity contribution in [2.75, 3.05) is 26.8 Å². The normalized spacial score (nSPS) is 18.1. The van der Waals surface area contributed by atoms with Gasteiger partial charge in [-0.25, -0.2) is 9.37 Å². The lowest BCUT2D eigenvalue weighted by Gasteiger charge is -2.29. The highest BCUT2D eigenvalue weighted by Gasteiger charge is 2.37. The maximum atomic E-state index is 14.6. The molecule has 0 aliphatic carbocycles. The Bertz CT molecular complexity index is 1600. The topological polar surface area (TPSA) is 68.1 Å². The van der Waals surface area contributed by atoms with Crippen molar-refractivity contribution >= 4 is 34.8 Å². The summed E-state index contributed by atoms with van der Waals surface area (Å²) in [5, 5.41) is 4.26. The second-order valence-electron chi connectivity index (χ2n) is 10.2. The van der Waals surface area contributed by atoms with Gasteiger partial charge in [0.05, 0.1) is 23.9 Å². The molecule has 2 aliphatic rings. The number of halogens is 3. The number of methoxy groups -OCH3 is 1. The van der Waals surface area contributed by atoms with Crippen LogP contribution in [-0.4, -0.2) is 53.0 Å². The molecule has 2 aromatic heterocycles. The molecule has 7 nitrogen and oxygen atoms in total. The number of hydrogen-bond donors (Lipinski definition) is 1. The molecule has 1 fully saturated rings. The fourth-order valence-electron chi connectivity index (χ4n) is 5.73. The number of hydrogen-bond acceptors (Lipinski definition) is 5. The summed E-state index contributed by atoms with van der Waals surface area (Å²) < 4.78 is 27.7. The van der Waals surface area contributed by atoms with Gasteiger partial charge in [0.15, 0.2) is 11.6 Å². The van der Waals surface area contributed by atoms with Crippen LogP contribution in [-0.2, 0) is 0 Å². The summed E-state index contributed by atoms with van der Waals surface area (Å²) in [5.41, 5.74) is 3.28. The van der Waals surface area contributed by atoms with Crippen molar-refractivity contribution in [1.29, 1.82) is 0 Å². The standard InChI is InChI=1S/C30H29Cl2FN4O3/c1-17-15-18(8-11-22(17)33)28-27(35-24-6-3-7-25(39-2)37(24)28)30(38)36(14-12-19-5-4-13-34-19)23-16-40-29-20(23)9-10-21(31)26(29)32/h3,6-11,15,19,23,34H,4-5,12-14,16H2,1-2H3/t19-,23?/m1/s1. The number of imidazole rings is 1. The first kappa shape index (κ1) is 26.9. The lowest BCUT2D eigenvalue weighted by atomic mass is 10.0. The molecule has 1 N–H and O–H groups in total. The minimum absolute atomic E-state index is 0.251. The molecular weight excluding hydrogens is 554 g/mol. The van der Waals surface area contributed by atoms with E-state index in [0.29, 0.717) is 56.7 Å². The zero-order chi connectivity index (χ0) is 28.0. The van der Waals surface area contributed by atoms with Gasteiger partial charge in [-0.05, 0) is 74.7 Å². The summed E-state index contributed by atoms with van der Waals surface area (Å²) in [6, 6.07) is 13.8. The molecule has 208 valence electrons. The van der Waals surface area contributed by atoms with E-state index in [1.54, 1.807) is 42.7 Å². The maximum absolute atomic E-state index is 14.6. The van der Waals surface area contributed by atoms with E-state index >= 15 is 0 Å². The molecule has 4 aromatic rings. The molecule has 6 rings (SSSR count). The molecule has 1 saturated heterocycles. The summed E-state index contributed by atoms with van der Waals surface area (Å²) in [5.74, 6) is 0.437. The number of aromatic nitrogens is 2. The number of carbonyl (C=O) groups excluding carboxylic acids is 1. The Balaban J connectivity index is 1.49. The highest BCUT2D eigenvalue weighted by molar-refractivity contribution is 6.43. The van der Waals surface area contributed by atoms with Crippen LogP contribution >= 0.6 is 23.2 Å². The summed E-state index contributed by atoms with van der Waals surface area (Å²) in [7, 11) is 1.57. The number of aryl methyl sites for hydroxylation is 1. The maximum Gasteiger partial charge on any atom is 0.275 e. The number of ether oxygens (including phenoxy) is 2. The molecule has 10 heteroatoms. The molecule has 1 unspecified atom stereocenters. The van der Waals surface area contributed by atoms with Gasteiger partial charge in [0, 0.05) is 23.7 Å². The fourth-order valence-corrected chi connectivity index (χ4v) is 6.10. The van der Waals surface area contributed by atoms with E-state index in [-0.39, 0.29) is 30.1 Å². The van der Waals surface area contributed by atoms with Crippen molar-refractivity contribution in [3.05, 3.63) is 81.2 Å². The SMILES string of the molecule is COc1cccc2nc(C(=O)N(CC[C@H]3CCCN3)C3COc4c3ccc(Cl)c4Cl)c(-c3ccc(F)c(C)c3)n12. The van der Waals surface area contributed by atoms with Crippen molar-refractivity contribution in [3.8, 4) is 22.9 Å². The van der Waals surface area contributed by atoms with Crippen LogP contribution in [0.25, 0.3) is 16.9 Å². The average molecular weight is 583 g/mol. The smallest absolute Gasteiger partial charge is 0.275 e. The van der Waals surface area contributed by atoms with Crippen LogP contribution in [0.4, 0.5) is 4.39 Å². The molecular formula is C30H29Cl2FN4O3. The molecule has 0 radical (unpaired) electrons. The number of amides is 1. The predicted molar refractivity (Wildman–Crippen MR) is 153 cm³/mol. The van der Waals surface area contributed by atoms with Crippen LogP contribution in [0.2, 0.25) is 10.0 Å². The molecule has 0 saturated carbocycles. The van der Waals surface area contributed by atoms with Gasteiger partial charge in [-0.15, -0.1) is 0 Å². The fraction of sp³-hybridized carbons (Fsp3) is 0.333. The zero-order valence-electron chi connectivity index (χ0n) is 22.2. The number of benzene rings is 2. The number of pyridine rings is 1. The van der Waals surface area contributed by atoms with Crippen molar-refractivity contribution < 1.29 is 18.7 Å². The molecule has 2 aromatic carbocycles. The molecule has 40 heavy (non-hydrogen) atoms. The van der Waals surface area contributed by atoms with E-state index in [1.807, 2.05) is 23.1 Å². The van der Waals surface area contributed by atoms with Gasteiger partial charge < -0.3 is 19.7 Å². The van der Waals surface area contributed by atoms with E-state index in [0.717, 1.165) is 31.4 Å². The van der Waals surface area contributed by atoms with Gasteiger partial charge >= 0.3 is 0 Å². The van der Waals surface area contributed by atoms with Crippen molar-refractivity contribution in [1.82, 2.24) is 19.6 Å². The zero-order valence-corrected chi connectivity index (χ0v) is 23.7. The van der Waals surface area contributed by atoms with Gasteiger partial charge in [0.1, 0.15) is 28.8 Å². The molecule has 4 heterocycles. The second-order valence-corrected chi connectivity index (χ2v) is 11.0. The summed E-state index contributed by atoms with van der Waals surface area (Å²) in [6.45, 7) is 3.41. The first-order valence-electron chi connectivity index (χ1n) is 13.3. The van der Waals surface area contributed by atoms with Crippen molar-refractivity contribution in [3.63, 3.8) is 0 Å². The first-order chi connectivity index (χ1) is 19.4. The third-order valence-electron chi connectivity index (χ3n) is 7.79. The van der Waals surface area contributed by atoms with Crippen LogP contribution < -0.4 is 14.8 Å². The van der Waals surface area contributed by atoms with E-state index < -0.39 is 0 Å². The molecule has 2 atom stereocenters. The Kier molecular flexibility index (Phi) is 7.33.